The third kappa shape index (κ3) is 3.42. The highest BCUT2D eigenvalue weighted by Gasteiger charge is 2.32. The van der Waals surface area contributed by atoms with Crippen LogP contribution in [0.4, 0.5) is 0 Å². The van der Waals surface area contributed by atoms with Gasteiger partial charge in [-0.25, -0.2) is 8.42 Å². The number of Topliss-reactive ketones (excluding diaryl/α,β-unsaturated/α-hetero) is 1. The summed E-state index contributed by atoms with van der Waals surface area (Å²) in [6, 6.07) is 8.80. The molecule has 1 aromatic carbocycles. The molecule has 1 aromatic rings. The van der Waals surface area contributed by atoms with Crippen LogP contribution in [0, 0.1) is 5.92 Å². The summed E-state index contributed by atoms with van der Waals surface area (Å²) < 4.78 is 23.3. The molecule has 0 saturated carbocycles. The Hall–Kier alpha value is -1.16. The van der Waals surface area contributed by atoms with E-state index in [0.717, 1.165) is 0 Å². The maximum absolute atomic E-state index is 12.1. The average Bonchev–Trinajstić information content (AvgIpc) is 2.27. The van der Waals surface area contributed by atoms with E-state index in [1.165, 1.54) is 0 Å². The van der Waals surface area contributed by atoms with Crippen molar-refractivity contribution in [2.75, 3.05) is 5.75 Å². The Kier molecular flexibility index (Phi) is 4.32. The molecule has 0 aliphatic carbocycles. The van der Waals surface area contributed by atoms with E-state index < -0.39 is 20.5 Å². The first-order valence-corrected chi connectivity index (χ1v) is 7.62. The van der Waals surface area contributed by atoms with Gasteiger partial charge in [0, 0.05) is 11.5 Å². The maximum atomic E-state index is 12.1. The molecule has 1 rings (SSSR count). The highest BCUT2D eigenvalue weighted by atomic mass is 32.2. The van der Waals surface area contributed by atoms with Crippen LogP contribution in [0.5, 0.6) is 0 Å². The molecule has 0 aromatic heterocycles. The summed E-state index contributed by atoms with van der Waals surface area (Å²) in [5, 5.41) is 0. The largest absolute Gasteiger partial charge is 0.294 e. The van der Waals surface area contributed by atoms with E-state index in [1.54, 1.807) is 52.0 Å². The van der Waals surface area contributed by atoms with E-state index >= 15 is 0 Å². The van der Waals surface area contributed by atoms with Gasteiger partial charge in [-0.15, -0.1) is 0 Å². The number of sulfone groups is 1. The summed E-state index contributed by atoms with van der Waals surface area (Å²) >= 11 is 0. The van der Waals surface area contributed by atoms with Crippen molar-refractivity contribution in [3.8, 4) is 0 Å². The predicted molar refractivity (Wildman–Crippen MR) is 73.5 cm³/mol. The fourth-order valence-electron chi connectivity index (χ4n) is 1.54. The fourth-order valence-corrected chi connectivity index (χ4v) is 2.85. The van der Waals surface area contributed by atoms with Gasteiger partial charge in [0.15, 0.2) is 15.6 Å². The van der Waals surface area contributed by atoms with Crippen LogP contribution < -0.4 is 0 Å². The van der Waals surface area contributed by atoms with E-state index in [-0.39, 0.29) is 11.5 Å². The van der Waals surface area contributed by atoms with E-state index in [9.17, 15) is 13.2 Å². The van der Waals surface area contributed by atoms with Gasteiger partial charge in [-0.3, -0.25) is 4.79 Å². The molecule has 1 atom stereocenters. The monoisotopic (exact) mass is 268 g/mol. The molecule has 0 heterocycles. The van der Waals surface area contributed by atoms with Crippen molar-refractivity contribution < 1.29 is 13.2 Å². The Morgan fingerprint density at radius 3 is 2.11 bits per heavy atom. The summed E-state index contributed by atoms with van der Waals surface area (Å²) in [6.45, 7) is 6.63. The molecule has 0 bridgehead atoms. The first-order valence-electron chi connectivity index (χ1n) is 5.97. The molecule has 0 aliphatic heterocycles. The number of carbonyl (C=O) groups excluding carboxylic acids is 1. The standard InChI is InChI=1S/C14H20O3S/c1-11(10-18(16,17)14(2,3)4)13(15)12-8-6-5-7-9-12/h5-9,11H,10H2,1-4H3. The Bertz CT molecular complexity index is 510. The summed E-state index contributed by atoms with van der Waals surface area (Å²) in [5.41, 5.74) is 0.564. The van der Waals surface area contributed by atoms with Crippen LogP contribution in [0.2, 0.25) is 0 Å². The smallest absolute Gasteiger partial charge is 0.166 e. The molecule has 18 heavy (non-hydrogen) atoms. The van der Waals surface area contributed by atoms with E-state index in [1.807, 2.05) is 6.07 Å². The lowest BCUT2D eigenvalue weighted by atomic mass is 10.0. The zero-order valence-corrected chi connectivity index (χ0v) is 12.1. The van der Waals surface area contributed by atoms with Crippen LogP contribution in [-0.4, -0.2) is 24.7 Å². The molecule has 0 N–H and O–H groups in total. The van der Waals surface area contributed by atoms with Crippen molar-refractivity contribution in [1.82, 2.24) is 0 Å². The highest BCUT2D eigenvalue weighted by molar-refractivity contribution is 7.92. The van der Waals surface area contributed by atoms with Crippen molar-refractivity contribution in [2.24, 2.45) is 5.92 Å². The predicted octanol–water partition coefficient (Wildman–Crippen LogP) is 2.72. The number of hydrogen-bond acceptors (Lipinski definition) is 3. The van der Waals surface area contributed by atoms with Crippen LogP contribution in [0.15, 0.2) is 30.3 Å². The molecular formula is C14H20O3S. The molecular weight excluding hydrogens is 248 g/mol. The Labute approximate surface area is 109 Å². The molecule has 0 spiro atoms. The van der Waals surface area contributed by atoms with Crippen LogP contribution in [0.25, 0.3) is 0 Å². The third-order valence-corrected chi connectivity index (χ3v) is 5.71. The zero-order chi connectivity index (χ0) is 14.0. The minimum absolute atomic E-state index is 0.107. The molecule has 0 aliphatic rings. The molecule has 0 radical (unpaired) electrons. The zero-order valence-electron chi connectivity index (χ0n) is 11.3. The van der Waals surface area contributed by atoms with E-state index in [4.69, 9.17) is 0 Å². The van der Waals surface area contributed by atoms with Gasteiger partial charge in [-0.05, 0) is 20.8 Å². The van der Waals surface area contributed by atoms with Gasteiger partial charge in [0.05, 0.1) is 10.5 Å². The van der Waals surface area contributed by atoms with Crippen LogP contribution in [0.3, 0.4) is 0 Å². The third-order valence-electron chi connectivity index (χ3n) is 2.91. The van der Waals surface area contributed by atoms with Crippen LogP contribution in [-0.2, 0) is 9.84 Å². The SMILES string of the molecule is CC(CS(=O)(=O)C(C)(C)C)C(=O)c1ccccc1. The second-order valence-electron chi connectivity index (χ2n) is 5.53. The summed E-state index contributed by atoms with van der Waals surface area (Å²) in [6.07, 6.45) is 0. The van der Waals surface area contributed by atoms with Crippen molar-refractivity contribution in [1.29, 1.82) is 0 Å². The Morgan fingerprint density at radius 1 is 1.17 bits per heavy atom. The fraction of sp³-hybridized carbons (Fsp3) is 0.500. The number of rotatable bonds is 4. The molecule has 0 saturated heterocycles. The minimum Gasteiger partial charge on any atom is -0.294 e. The van der Waals surface area contributed by atoms with E-state index in [2.05, 4.69) is 0 Å². The second kappa shape index (κ2) is 5.22. The summed E-state index contributed by atoms with van der Waals surface area (Å²) in [5.74, 6) is -0.746. The molecule has 0 fully saturated rings. The van der Waals surface area contributed by atoms with Crippen molar-refractivity contribution in [2.45, 2.75) is 32.4 Å². The average molecular weight is 268 g/mol. The lowest BCUT2D eigenvalue weighted by Crippen LogP contribution is -2.34. The highest BCUT2D eigenvalue weighted by Crippen LogP contribution is 2.20. The van der Waals surface area contributed by atoms with Gasteiger partial charge < -0.3 is 0 Å². The van der Waals surface area contributed by atoms with Gasteiger partial charge in [-0.1, -0.05) is 37.3 Å². The molecule has 100 valence electrons. The quantitative estimate of drug-likeness (QED) is 0.789. The Balaban J connectivity index is 2.85. The molecule has 4 heteroatoms. The molecule has 3 nitrogen and oxygen atoms in total. The van der Waals surface area contributed by atoms with Crippen molar-refractivity contribution in [3.63, 3.8) is 0 Å². The maximum Gasteiger partial charge on any atom is 0.166 e. The number of ketones is 1. The van der Waals surface area contributed by atoms with Crippen LogP contribution in [0.1, 0.15) is 38.1 Å². The molecule has 0 amide bonds. The van der Waals surface area contributed by atoms with Crippen LogP contribution >= 0.6 is 0 Å². The lowest BCUT2D eigenvalue weighted by molar-refractivity contribution is 0.0940. The first kappa shape index (κ1) is 14.9. The number of hydrogen-bond donors (Lipinski definition) is 0. The van der Waals surface area contributed by atoms with Crippen molar-refractivity contribution >= 4 is 15.6 Å². The minimum atomic E-state index is -3.27. The van der Waals surface area contributed by atoms with Gasteiger partial charge in [0.1, 0.15) is 0 Å². The normalized spacial score (nSPS) is 14.2. The number of carbonyl (C=O) groups is 1. The van der Waals surface area contributed by atoms with Gasteiger partial charge in [0.2, 0.25) is 0 Å². The van der Waals surface area contributed by atoms with Gasteiger partial charge in [0.25, 0.3) is 0 Å². The summed E-state index contributed by atoms with van der Waals surface area (Å²) in [7, 11) is -3.27. The Morgan fingerprint density at radius 2 is 1.67 bits per heavy atom. The van der Waals surface area contributed by atoms with Gasteiger partial charge in [-0.2, -0.15) is 0 Å². The lowest BCUT2D eigenvalue weighted by Gasteiger charge is -2.21. The summed E-state index contributed by atoms with van der Waals surface area (Å²) in [4.78, 5) is 12.1. The number of benzene rings is 1. The van der Waals surface area contributed by atoms with Gasteiger partial charge >= 0.3 is 0 Å². The molecule has 1 unspecified atom stereocenters. The van der Waals surface area contributed by atoms with E-state index in [0.29, 0.717) is 5.56 Å². The first-order chi connectivity index (χ1) is 8.15. The second-order valence-corrected chi connectivity index (χ2v) is 8.31. The topological polar surface area (TPSA) is 51.2 Å². The van der Waals surface area contributed by atoms with Crippen molar-refractivity contribution in [3.05, 3.63) is 35.9 Å².